The number of hydrazine groups is 1. The molecule has 3 aliphatic carbocycles. The number of aromatic hydroxyl groups is 1. The van der Waals surface area contributed by atoms with Crippen molar-refractivity contribution in [3.8, 4) is 11.5 Å². The summed E-state index contributed by atoms with van der Waals surface area (Å²) in [5, 5.41) is 13.1. The number of nitrogens with one attached hydrogen (secondary N) is 1. The van der Waals surface area contributed by atoms with E-state index < -0.39 is 46.8 Å². The fourth-order valence-corrected chi connectivity index (χ4v) is 10.1. The minimum atomic E-state index is -1.53. The van der Waals surface area contributed by atoms with Crippen molar-refractivity contribution in [2.45, 2.75) is 62.3 Å². The van der Waals surface area contributed by atoms with Crippen LogP contribution < -0.4 is 10.2 Å². The highest BCUT2D eigenvalue weighted by Crippen LogP contribution is 2.65. The van der Waals surface area contributed by atoms with Crippen LogP contribution in [0.1, 0.15) is 62.0 Å². The van der Waals surface area contributed by atoms with Crippen molar-refractivity contribution in [2.24, 2.45) is 23.7 Å². The first-order chi connectivity index (χ1) is 24.2. The Morgan fingerprint density at radius 2 is 1.62 bits per heavy atom. The van der Waals surface area contributed by atoms with Gasteiger partial charge in [-0.1, -0.05) is 84.4 Å². The number of carbonyl (C=O) groups is 4. The lowest BCUT2D eigenvalue weighted by Crippen LogP contribution is -2.53. The zero-order valence-electron chi connectivity index (χ0n) is 27.5. The Kier molecular flexibility index (Phi) is 8.18. The van der Waals surface area contributed by atoms with Crippen LogP contribution >= 0.6 is 23.2 Å². The summed E-state index contributed by atoms with van der Waals surface area (Å²) >= 11 is 12.7. The number of phenols is 1. The molecular formula is C39H37Cl2N3O6. The van der Waals surface area contributed by atoms with Crippen LogP contribution in [0.15, 0.2) is 78.4 Å². The highest BCUT2D eigenvalue weighted by molar-refractivity contribution is 6.36. The second-order valence-corrected chi connectivity index (χ2v) is 15.0. The Labute approximate surface area is 300 Å². The molecule has 3 aromatic rings. The van der Waals surface area contributed by atoms with E-state index in [2.05, 4.69) is 5.43 Å². The molecule has 0 radical (unpaired) electrons. The van der Waals surface area contributed by atoms with Gasteiger partial charge in [0.25, 0.3) is 11.8 Å². The number of anilines is 1. The number of allylic oxidation sites excluding steroid dienone is 2. The summed E-state index contributed by atoms with van der Waals surface area (Å²) in [6, 6.07) is 18.6. The number of hydrogen-bond donors (Lipinski definition) is 2. The van der Waals surface area contributed by atoms with E-state index in [1.165, 1.54) is 11.0 Å². The normalized spacial score (nSPS) is 29.4. The van der Waals surface area contributed by atoms with Gasteiger partial charge in [0.05, 0.1) is 41.0 Å². The molecule has 2 aliphatic heterocycles. The van der Waals surface area contributed by atoms with Crippen LogP contribution in [0.4, 0.5) is 5.69 Å². The lowest BCUT2D eigenvalue weighted by Gasteiger charge is -2.50. The van der Waals surface area contributed by atoms with Crippen LogP contribution in [0.5, 0.6) is 11.5 Å². The number of halogens is 2. The van der Waals surface area contributed by atoms with E-state index in [4.69, 9.17) is 27.9 Å². The molecule has 2 heterocycles. The summed E-state index contributed by atoms with van der Waals surface area (Å²) in [6.07, 6.45) is 7.14. The molecule has 9 nitrogen and oxygen atoms in total. The SMILES string of the molecule is COc1ccc(C23C(=O)N(Nc4ccc(Cl)cc4Cl)C(=O)C2CC2C(=CCC4C(=O)N(C5CCCCC5)C(=O)C42)C3c2ccccc2O)cc1. The van der Waals surface area contributed by atoms with E-state index in [0.717, 1.165) is 42.7 Å². The minimum Gasteiger partial charge on any atom is -0.508 e. The van der Waals surface area contributed by atoms with Crippen molar-refractivity contribution in [2.75, 3.05) is 12.5 Å². The number of phenolic OH excluding ortho intramolecular Hbond substituents is 1. The monoisotopic (exact) mass is 713 g/mol. The molecule has 8 rings (SSSR count). The highest BCUT2D eigenvalue weighted by Gasteiger charge is 2.70. The molecule has 2 N–H and O–H groups in total. The standard InChI is InChI=1S/C39H37Cl2N3O6/c1-50-24-14-11-21(12-15-24)39-29(36(47)44(38(39)49)42-31-18-13-22(40)19-30(31)41)20-28-25(34(39)26-9-5-6-10-32(26)45)16-17-27-33(28)37(48)43(35(27)46)23-7-3-2-4-8-23/h5-6,9-16,18-19,23,27-29,33-34,42,45H,2-4,7-8,17,20H2,1H3. The third-order valence-corrected chi connectivity index (χ3v) is 12.3. The molecule has 5 aliphatic rings. The predicted octanol–water partition coefficient (Wildman–Crippen LogP) is 7.03. The maximum absolute atomic E-state index is 15.3. The van der Waals surface area contributed by atoms with Crippen molar-refractivity contribution >= 4 is 52.5 Å². The van der Waals surface area contributed by atoms with E-state index >= 15 is 4.79 Å². The minimum absolute atomic E-state index is 0.0297. The Hall–Kier alpha value is -4.34. The Morgan fingerprint density at radius 3 is 2.32 bits per heavy atom. The smallest absolute Gasteiger partial charge is 0.260 e. The summed E-state index contributed by atoms with van der Waals surface area (Å²) in [4.78, 5) is 60.1. The number of rotatable bonds is 6. The molecular weight excluding hydrogens is 677 g/mol. The first-order valence-electron chi connectivity index (χ1n) is 17.3. The number of fused-ring (bicyclic) bond motifs is 4. The molecule has 258 valence electrons. The van der Waals surface area contributed by atoms with Gasteiger partial charge in [-0.3, -0.25) is 29.5 Å². The highest BCUT2D eigenvalue weighted by atomic mass is 35.5. The van der Waals surface area contributed by atoms with Crippen LogP contribution in [-0.2, 0) is 24.6 Å². The van der Waals surface area contributed by atoms with Gasteiger partial charge in [-0.25, -0.2) is 0 Å². The van der Waals surface area contributed by atoms with Gasteiger partial charge < -0.3 is 9.84 Å². The van der Waals surface area contributed by atoms with Crippen LogP contribution in [0.25, 0.3) is 0 Å². The van der Waals surface area contributed by atoms with Crippen molar-refractivity contribution in [3.05, 3.63) is 99.6 Å². The van der Waals surface area contributed by atoms with Gasteiger partial charge in [-0.2, -0.15) is 5.01 Å². The second kappa shape index (κ2) is 12.5. The zero-order valence-corrected chi connectivity index (χ0v) is 29.0. The number of nitrogens with zero attached hydrogens (tertiary/aromatic N) is 2. The lowest BCUT2D eigenvalue weighted by atomic mass is 9.49. The number of para-hydroxylation sites is 1. The average molecular weight is 715 g/mol. The van der Waals surface area contributed by atoms with E-state index in [1.807, 2.05) is 6.08 Å². The first kappa shape index (κ1) is 32.8. The summed E-state index contributed by atoms with van der Waals surface area (Å²) < 4.78 is 5.46. The van der Waals surface area contributed by atoms with Gasteiger partial charge in [-0.05, 0) is 73.6 Å². The number of amides is 4. The number of hydrogen-bond acceptors (Lipinski definition) is 7. The Balaban J connectivity index is 1.31. The van der Waals surface area contributed by atoms with E-state index in [1.54, 1.807) is 67.8 Å². The maximum atomic E-state index is 15.3. The fourth-order valence-electron chi connectivity index (χ4n) is 9.64. The molecule has 0 bridgehead atoms. The number of ether oxygens (including phenoxy) is 1. The molecule has 2 saturated carbocycles. The molecule has 6 atom stereocenters. The Bertz CT molecular complexity index is 1940. The zero-order chi connectivity index (χ0) is 34.9. The fraction of sp³-hybridized carbons (Fsp3) is 0.385. The van der Waals surface area contributed by atoms with Crippen molar-refractivity contribution in [3.63, 3.8) is 0 Å². The van der Waals surface area contributed by atoms with Crippen LogP contribution in [0.3, 0.4) is 0 Å². The predicted molar refractivity (Wildman–Crippen MR) is 187 cm³/mol. The number of carbonyl (C=O) groups excluding carboxylic acids is 4. The number of imide groups is 2. The molecule has 11 heteroatoms. The summed E-state index contributed by atoms with van der Waals surface area (Å²) in [7, 11) is 1.55. The Morgan fingerprint density at radius 1 is 0.880 bits per heavy atom. The van der Waals surface area contributed by atoms with Gasteiger partial charge in [0, 0.05) is 22.5 Å². The van der Waals surface area contributed by atoms with E-state index in [-0.39, 0.29) is 35.0 Å². The van der Waals surface area contributed by atoms with Crippen LogP contribution in [0.2, 0.25) is 10.0 Å². The van der Waals surface area contributed by atoms with Gasteiger partial charge in [-0.15, -0.1) is 0 Å². The first-order valence-corrected chi connectivity index (χ1v) is 18.0. The average Bonchev–Trinajstić information content (AvgIpc) is 3.51. The number of benzene rings is 3. The van der Waals surface area contributed by atoms with Gasteiger partial charge in [0.15, 0.2) is 0 Å². The van der Waals surface area contributed by atoms with Crippen molar-refractivity contribution < 1.29 is 29.0 Å². The number of likely N-dealkylation sites (tertiary alicyclic amines) is 1. The lowest BCUT2D eigenvalue weighted by molar-refractivity contribution is -0.144. The topological polar surface area (TPSA) is 116 Å². The van der Waals surface area contributed by atoms with Crippen molar-refractivity contribution in [1.29, 1.82) is 0 Å². The van der Waals surface area contributed by atoms with Gasteiger partial charge in [0.2, 0.25) is 11.8 Å². The van der Waals surface area contributed by atoms with Crippen molar-refractivity contribution in [1.82, 2.24) is 9.91 Å². The number of methoxy groups -OCH3 is 1. The van der Waals surface area contributed by atoms with Gasteiger partial charge in [0.1, 0.15) is 11.5 Å². The molecule has 50 heavy (non-hydrogen) atoms. The summed E-state index contributed by atoms with van der Waals surface area (Å²) in [5.41, 5.74) is 3.61. The quantitative estimate of drug-likeness (QED) is 0.208. The van der Waals surface area contributed by atoms with Crippen LogP contribution in [0, 0.1) is 23.7 Å². The largest absolute Gasteiger partial charge is 0.508 e. The summed E-state index contributed by atoms with van der Waals surface area (Å²) in [6.45, 7) is 0. The molecule has 6 unspecified atom stereocenters. The van der Waals surface area contributed by atoms with E-state index in [9.17, 15) is 19.5 Å². The summed E-state index contributed by atoms with van der Waals surface area (Å²) in [5.74, 6) is -4.28. The third-order valence-electron chi connectivity index (χ3n) is 11.8. The molecule has 0 aromatic heterocycles. The maximum Gasteiger partial charge on any atom is 0.260 e. The second-order valence-electron chi connectivity index (χ2n) is 14.1. The third kappa shape index (κ3) is 4.80. The van der Waals surface area contributed by atoms with Gasteiger partial charge >= 0.3 is 0 Å². The molecule has 4 fully saturated rings. The molecule has 2 saturated heterocycles. The van der Waals surface area contributed by atoms with E-state index in [0.29, 0.717) is 34.0 Å². The van der Waals surface area contributed by atoms with Crippen LogP contribution in [-0.4, -0.2) is 51.8 Å². The molecule has 0 spiro atoms. The molecule has 3 aromatic carbocycles. The molecule has 4 amide bonds.